The van der Waals surface area contributed by atoms with Crippen molar-refractivity contribution in [1.29, 1.82) is 0 Å². The number of rotatable bonds is 5. The molecule has 0 fully saturated rings. The van der Waals surface area contributed by atoms with Gasteiger partial charge in [-0.1, -0.05) is 0 Å². The molecule has 92 valence electrons. The third kappa shape index (κ3) is 2.68. The van der Waals surface area contributed by atoms with Crippen LogP contribution in [-0.4, -0.2) is 31.9 Å². The molecule has 2 nitrogen and oxygen atoms in total. The monoisotopic (exact) mass is 248 g/mol. The number of hydrogen-bond acceptors (Lipinski definition) is 2. The van der Waals surface area contributed by atoms with E-state index in [0.717, 1.165) is 0 Å². The molecular weight excluding hydrogens is 244 g/mol. The average Bonchev–Trinajstić information content (AvgIpc) is 2.01. The number of halogens is 8. The molecule has 0 aliphatic carbocycles. The van der Waals surface area contributed by atoms with Gasteiger partial charge in [0.15, 0.2) is 0 Å². The van der Waals surface area contributed by atoms with E-state index in [-0.39, 0.29) is 7.11 Å². The Kier molecular flexibility index (Phi) is 3.91. The molecule has 0 saturated carbocycles. The van der Waals surface area contributed by atoms with E-state index in [1.54, 1.807) is 0 Å². The number of ether oxygens (including phenoxy) is 2. The van der Waals surface area contributed by atoms with Crippen LogP contribution in [0.15, 0.2) is 0 Å². The largest absolute Gasteiger partial charge is 0.432 e. The van der Waals surface area contributed by atoms with Gasteiger partial charge in [0.05, 0.1) is 0 Å². The van der Waals surface area contributed by atoms with Crippen molar-refractivity contribution in [2.24, 2.45) is 0 Å². The maximum absolute atomic E-state index is 12.3. The minimum Gasteiger partial charge on any atom is -0.319 e. The van der Waals surface area contributed by atoms with Crippen molar-refractivity contribution < 1.29 is 44.6 Å². The van der Waals surface area contributed by atoms with Gasteiger partial charge in [-0.05, 0) is 0 Å². The topological polar surface area (TPSA) is 18.5 Å². The summed E-state index contributed by atoms with van der Waals surface area (Å²) in [5.74, 6) is -6.22. The molecule has 0 amide bonds. The predicted octanol–water partition coefficient (Wildman–Crippen LogP) is 2.69. The van der Waals surface area contributed by atoms with Crippen molar-refractivity contribution in [3.05, 3.63) is 0 Å². The molecule has 0 aromatic heterocycles. The molecule has 0 heterocycles. The van der Waals surface area contributed by atoms with E-state index in [1.807, 2.05) is 0 Å². The van der Waals surface area contributed by atoms with Crippen molar-refractivity contribution in [2.45, 2.75) is 24.8 Å². The van der Waals surface area contributed by atoms with Crippen molar-refractivity contribution in [1.82, 2.24) is 0 Å². The van der Waals surface area contributed by atoms with Crippen LogP contribution < -0.4 is 0 Å². The molecule has 0 unspecified atom stereocenters. The van der Waals surface area contributed by atoms with Crippen LogP contribution >= 0.6 is 0 Å². The summed E-state index contributed by atoms with van der Waals surface area (Å²) in [6.45, 7) is -4.33. The zero-order valence-electron chi connectivity index (χ0n) is 6.92. The van der Waals surface area contributed by atoms with Crippen LogP contribution in [0.4, 0.5) is 35.1 Å². The Morgan fingerprint density at radius 3 is 1.53 bits per heavy atom. The quantitative estimate of drug-likeness (QED) is 0.696. The summed E-state index contributed by atoms with van der Waals surface area (Å²) in [7, 11) is 0.00631. The SMILES string of the molecule is COC(F)(F)C(F)(F)C(F)(F)OC(F)F. The maximum Gasteiger partial charge on any atom is 0.432 e. The fourth-order valence-electron chi connectivity index (χ4n) is 0.483. The summed E-state index contributed by atoms with van der Waals surface area (Å²) >= 11 is 0. The van der Waals surface area contributed by atoms with Crippen LogP contribution in [0.1, 0.15) is 0 Å². The molecule has 0 aliphatic heterocycles. The molecule has 0 rings (SSSR count). The summed E-state index contributed by atoms with van der Waals surface area (Å²) in [5, 5.41) is 0. The zero-order chi connectivity index (χ0) is 12.5. The van der Waals surface area contributed by atoms with Gasteiger partial charge in [-0.3, -0.25) is 4.74 Å². The lowest BCUT2D eigenvalue weighted by Gasteiger charge is -2.30. The highest BCUT2D eigenvalue weighted by molar-refractivity contribution is 4.85. The minimum atomic E-state index is -6.22. The van der Waals surface area contributed by atoms with E-state index in [2.05, 4.69) is 9.47 Å². The molecule has 0 atom stereocenters. The highest BCUT2D eigenvalue weighted by Crippen LogP contribution is 2.47. The Bertz CT molecular complexity index is 215. The maximum atomic E-state index is 12.3. The zero-order valence-corrected chi connectivity index (χ0v) is 6.92. The highest BCUT2D eigenvalue weighted by atomic mass is 19.4. The van der Waals surface area contributed by atoms with E-state index in [9.17, 15) is 35.1 Å². The van der Waals surface area contributed by atoms with Gasteiger partial charge < -0.3 is 4.74 Å². The van der Waals surface area contributed by atoms with Crippen LogP contribution in [-0.2, 0) is 9.47 Å². The molecule has 0 bridgehead atoms. The van der Waals surface area contributed by atoms with Crippen LogP contribution in [0.2, 0.25) is 0 Å². The molecule has 0 aromatic rings. The summed E-state index contributed by atoms with van der Waals surface area (Å²) in [4.78, 5) is 0. The van der Waals surface area contributed by atoms with Gasteiger partial charge in [0.2, 0.25) is 0 Å². The molecule has 0 saturated heterocycles. The average molecular weight is 248 g/mol. The van der Waals surface area contributed by atoms with Gasteiger partial charge in [-0.25, -0.2) is 0 Å². The molecule has 0 spiro atoms. The summed E-state index contributed by atoms with van der Waals surface area (Å²) in [6, 6.07) is 0. The van der Waals surface area contributed by atoms with Gasteiger partial charge in [0, 0.05) is 7.11 Å². The Balaban J connectivity index is 5.00. The lowest BCUT2D eigenvalue weighted by molar-refractivity contribution is -0.466. The first-order valence-corrected chi connectivity index (χ1v) is 3.12. The summed E-state index contributed by atoms with van der Waals surface area (Å²) in [5.41, 5.74) is 0. The van der Waals surface area contributed by atoms with Gasteiger partial charge in [0.25, 0.3) is 0 Å². The van der Waals surface area contributed by atoms with Gasteiger partial charge >= 0.3 is 24.8 Å². The van der Waals surface area contributed by atoms with Crippen LogP contribution in [0, 0.1) is 0 Å². The van der Waals surface area contributed by atoms with Gasteiger partial charge in [0.1, 0.15) is 0 Å². The standard InChI is InChI=1S/C5H4F8O2/c1-14-4(10,11)3(8,9)5(12,13)15-2(6)7/h2H,1H3. The first-order valence-electron chi connectivity index (χ1n) is 3.12. The second kappa shape index (κ2) is 4.08. The first-order chi connectivity index (χ1) is 6.48. The van der Waals surface area contributed by atoms with Gasteiger partial charge in [-0.2, -0.15) is 35.1 Å². The number of methoxy groups -OCH3 is 1. The number of alkyl halides is 8. The lowest BCUT2D eigenvalue weighted by Crippen LogP contribution is -2.56. The van der Waals surface area contributed by atoms with E-state index in [4.69, 9.17) is 0 Å². The van der Waals surface area contributed by atoms with E-state index < -0.39 is 24.8 Å². The number of hydrogen-bond donors (Lipinski definition) is 0. The van der Waals surface area contributed by atoms with Crippen LogP contribution in [0.25, 0.3) is 0 Å². The minimum absolute atomic E-state index is 0.00631. The lowest BCUT2D eigenvalue weighted by atomic mass is 10.3. The molecule has 0 aliphatic rings. The Morgan fingerprint density at radius 2 is 1.27 bits per heavy atom. The van der Waals surface area contributed by atoms with E-state index in [0.29, 0.717) is 0 Å². The Morgan fingerprint density at radius 1 is 0.867 bits per heavy atom. The first kappa shape index (κ1) is 14.4. The third-order valence-corrected chi connectivity index (χ3v) is 1.22. The fraction of sp³-hybridized carbons (Fsp3) is 1.00. The highest BCUT2D eigenvalue weighted by Gasteiger charge is 2.75. The van der Waals surface area contributed by atoms with Crippen LogP contribution in [0.3, 0.4) is 0 Å². The van der Waals surface area contributed by atoms with Gasteiger partial charge in [-0.15, -0.1) is 0 Å². The molecule has 15 heavy (non-hydrogen) atoms. The summed E-state index contributed by atoms with van der Waals surface area (Å²) < 4.78 is 100. The van der Waals surface area contributed by atoms with Crippen LogP contribution in [0.5, 0.6) is 0 Å². The predicted molar refractivity (Wildman–Crippen MR) is 28.9 cm³/mol. The van der Waals surface area contributed by atoms with Crippen molar-refractivity contribution in [3.8, 4) is 0 Å². The van der Waals surface area contributed by atoms with E-state index >= 15 is 0 Å². The van der Waals surface area contributed by atoms with E-state index in [1.165, 1.54) is 0 Å². The fourth-order valence-corrected chi connectivity index (χ4v) is 0.483. The molecule has 0 N–H and O–H groups in total. The van der Waals surface area contributed by atoms with Crippen molar-refractivity contribution in [2.75, 3.05) is 7.11 Å². The molecule has 10 heteroatoms. The second-order valence-corrected chi connectivity index (χ2v) is 2.19. The third-order valence-electron chi connectivity index (χ3n) is 1.22. The smallest absolute Gasteiger partial charge is 0.319 e. The van der Waals surface area contributed by atoms with Crippen molar-refractivity contribution >= 4 is 0 Å². The molecular formula is C5H4F8O2. The Labute approximate surface area is 77.8 Å². The Hall–Kier alpha value is -0.640. The normalized spacial score (nSPS) is 14.8. The molecule has 0 aromatic carbocycles. The van der Waals surface area contributed by atoms with Crippen molar-refractivity contribution in [3.63, 3.8) is 0 Å². The molecule has 0 radical (unpaired) electrons. The summed E-state index contributed by atoms with van der Waals surface area (Å²) in [6.07, 6.45) is -11.7. The second-order valence-electron chi connectivity index (χ2n) is 2.19.